The molecule has 0 radical (unpaired) electrons. The summed E-state index contributed by atoms with van der Waals surface area (Å²) in [6.45, 7) is 2.00. The van der Waals surface area contributed by atoms with Crippen LogP contribution >= 0.6 is 0 Å². The second kappa shape index (κ2) is 9.60. The van der Waals surface area contributed by atoms with Crippen molar-refractivity contribution in [2.24, 2.45) is 0 Å². The van der Waals surface area contributed by atoms with Crippen molar-refractivity contribution in [1.82, 2.24) is 15.3 Å². The second-order valence-corrected chi connectivity index (χ2v) is 8.12. The zero-order valence-corrected chi connectivity index (χ0v) is 17.8. The Bertz CT molecular complexity index is 994. The molecule has 0 spiro atoms. The van der Waals surface area contributed by atoms with Crippen LogP contribution in [-0.4, -0.2) is 27.8 Å². The zero-order valence-electron chi connectivity index (χ0n) is 17.8. The average Bonchev–Trinajstić information content (AvgIpc) is 3.34. The van der Waals surface area contributed by atoms with Crippen LogP contribution in [0.2, 0.25) is 0 Å². The van der Waals surface area contributed by atoms with E-state index in [2.05, 4.69) is 15.3 Å². The van der Waals surface area contributed by atoms with Crippen LogP contribution in [0, 0.1) is 6.92 Å². The van der Waals surface area contributed by atoms with E-state index in [9.17, 15) is 9.59 Å². The number of aromatic nitrogens is 2. The number of benzene rings is 1. The van der Waals surface area contributed by atoms with Gasteiger partial charge in [0, 0.05) is 30.3 Å². The van der Waals surface area contributed by atoms with Crippen molar-refractivity contribution in [2.45, 2.75) is 51.1 Å². The van der Waals surface area contributed by atoms with E-state index < -0.39 is 6.04 Å². The third-order valence-electron chi connectivity index (χ3n) is 5.84. The lowest BCUT2D eigenvalue weighted by atomic mass is 9.94. The smallest absolute Gasteiger partial charge is 0.275 e. The first kappa shape index (κ1) is 20.8. The molecule has 2 N–H and O–H groups in total. The van der Waals surface area contributed by atoms with Gasteiger partial charge in [-0.3, -0.25) is 19.5 Å². The lowest BCUT2D eigenvalue weighted by molar-refractivity contribution is -0.123. The molecule has 6 heteroatoms. The molecule has 0 bridgehead atoms. The summed E-state index contributed by atoms with van der Waals surface area (Å²) in [7, 11) is 0. The quantitative estimate of drug-likeness (QED) is 0.619. The van der Waals surface area contributed by atoms with E-state index in [-0.39, 0.29) is 17.9 Å². The van der Waals surface area contributed by atoms with Crippen molar-refractivity contribution < 1.29 is 9.59 Å². The Hall–Kier alpha value is -3.41. The summed E-state index contributed by atoms with van der Waals surface area (Å²) < 4.78 is 0. The van der Waals surface area contributed by atoms with Gasteiger partial charge >= 0.3 is 0 Å². The van der Waals surface area contributed by atoms with Crippen LogP contribution < -0.4 is 10.2 Å². The molecule has 2 amide bonds. The Morgan fingerprint density at radius 2 is 1.74 bits per heavy atom. The average molecular weight is 417 g/mol. The van der Waals surface area contributed by atoms with Crippen molar-refractivity contribution in [2.75, 3.05) is 4.90 Å². The van der Waals surface area contributed by atoms with Crippen LogP contribution in [0.1, 0.15) is 59.8 Å². The highest BCUT2D eigenvalue weighted by Gasteiger charge is 2.34. The number of H-pyrrole nitrogens is 1. The van der Waals surface area contributed by atoms with Crippen LogP contribution in [0.25, 0.3) is 0 Å². The highest BCUT2D eigenvalue weighted by Crippen LogP contribution is 2.30. The largest absolute Gasteiger partial charge is 0.357 e. The lowest BCUT2D eigenvalue weighted by Crippen LogP contribution is -2.47. The minimum absolute atomic E-state index is 0.144. The third-order valence-corrected chi connectivity index (χ3v) is 5.84. The monoisotopic (exact) mass is 416 g/mol. The number of carbonyl (C=O) groups is 2. The third kappa shape index (κ3) is 4.85. The molecule has 2 heterocycles. The van der Waals surface area contributed by atoms with Crippen molar-refractivity contribution >= 4 is 17.5 Å². The number of aryl methyl sites for hydroxylation is 1. The number of aromatic amines is 1. The summed E-state index contributed by atoms with van der Waals surface area (Å²) in [5.41, 5.74) is 2.92. The van der Waals surface area contributed by atoms with Crippen molar-refractivity contribution in [3.8, 4) is 0 Å². The van der Waals surface area contributed by atoms with Crippen LogP contribution in [-0.2, 0) is 4.79 Å². The second-order valence-electron chi connectivity index (χ2n) is 8.12. The summed E-state index contributed by atoms with van der Waals surface area (Å²) in [6.07, 6.45) is 10.4. The van der Waals surface area contributed by atoms with E-state index in [0.29, 0.717) is 11.4 Å². The summed E-state index contributed by atoms with van der Waals surface area (Å²) >= 11 is 0. The first-order valence-electron chi connectivity index (χ1n) is 10.9. The Labute approximate surface area is 182 Å². The Morgan fingerprint density at radius 1 is 1.03 bits per heavy atom. The van der Waals surface area contributed by atoms with Crippen molar-refractivity contribution in [3.63, 3.8) is 0 Å². The number of nitrogens with one attached hydrogen (secondary N) is 2. The Balaban J connectivity index is 1.76. The standard InChI is InChI=1S/C25H28N4O2/c1-18-9-11-21(12-10-18)29(25(31)22-8-5-15-27-22)23(19-13-16-26-17-14-19)24(30)28-20-6-3-2-4-7-20/h5,8-17,20,23,27H,2-4,6-7H2,1H3,(H,28,30). The summed E-state index contributed by atoms with van der Waals surface area (Å²) in [5.74, 6) is -0.423. The number of pyridine rings is 1. The van der Waals surface area contributed by atoms with Crippen LogP contribution in [0.3, 0.4) is 0 Å². The van der Waals surface area contributed by atoms with Crippen molar-refractivity contribution in [3.05, 3.63) is 83.9 Å². The van der Waals surface area contributed by atoms with Gasteiger partial charge in [-0.15, -0.1) is 0 Å². The van der Waals surface area contributed by atoms with Gasteiger partial charge in [0.2, 0.25) is 5.91 Å². The van der Waals surface area contributed by atoms with Gasteiger partial charge in [0.25, 0.3) is 5.91 Å². The minimum atomic E-state index is -0.802. The predicted octanol–water partition coefficient (Wildman–Crippen LogP) is 4.56. The molecule has 1 aromatic carbocycles. The molecule has 2 aromatic heterocycles. The molecule has 0 aliphatic heterocycles. The van der Waals surface area contributed by atoms with Gasteiger partial charge in [0.15, 0.2) is 0 Å². The van der Waals surface area contributed by atoms with E-state index in [0.717, 1.165) is 36.8 Å². The molecule has 1 unspecified atom stereocenters. The molecule has 4 rings (SSSR count). The predicted molar refractivity (Wildman–Crippen MR) is 121 cm³/mol. The van der Waals surface area contributed by atoms with Gasteiger partial charge in [-0.05, 0) is 61.7 Å². The topological polar surface area (TPSA) is 78.1 Å². The Kier molecular flexibility index (Phi) is 6.46. The van der Waals surface area contributed by atoms with E-state index in [1.165, 1.54) is 6.42 Å². The summed E-state index contributed by atoms with van der Waals surface area (Å²) in [6, 6.07) is 14.1. The lowest BCUT2D eigenvalue weighted by Gasteiger charge is -2.33. The SMILES string of the molecule is Cc1ccc(N(C(=O)c2ccc[nH]2)C(C(=O)NC2CCCCC2)c2ccncc2)cc1. The molecule has 1 fully saturated rings. The molecule has 3 aromatic rings. The van der Waals surface area contributed by atoms with Gasteiger partial charge in [-0.1, -0.05) is 37.0 Å². The van der Waals surface area contributed by atoms with E-state index >= 15 is 0 Å². The van der Waals surface area contributed by atoms with Gasteiger partial charge in [0.05, 0.1) is 0 Å². The van der Waals surface area contributed by atoms with Crippen LogP contribution in [0.4, 0.5) is 5.69 Å². The molecule has 1 saturated carbocycles. The molecule has 6 nitrogen and oxygen atoms in total. The maximum atomic E-state index is 13.6. The number of anilines is 1. The normalized spacial score (nSPS) is 15.3. The van der Waals surface area contributed by atoms with E-state index in [4.69, 9.17) is 0 Å². The van der Waals surface area contributed by atoms with E-state index in [1.54, 1.807) is 47.8 Å². The summed E-state index contributed by atoms with van der Waals surface area (Å²) in [5, 5.41) is 3.22. The molecule has 0 saturated heterocycles. The highest BCUT2D eigenvalue weighted by atomic mass is 16.2. The number of nitrogens with zero attached hydrogens (tertiary/aromatic N) is 2. The maximum absolute atomic E-state index is 13.6. The number of amides is 2. The minimum Gasteiger partial charge on any atom is -0.357 e. The first-order chi connectivity index (χ1) is 15.1. The molecular formula is C25H28N4O2. The van der Waals surface area contributed by atoms with Crippen LogP contribution in [0.15, 0.2) is 67.1 Å². The van der Waals surface area contributed by atoms with Gasteiger partial charge < -0.3 is 10.3 Å². The fourth-order valence-electron chi connectivity index (χ4n) is 4.17. The molecule has 1 atom stereocenters. The molecular weight excluding hydrogens is 388 g/mol. The Morgan fingerprint density at radius 3 is 2.39 bits per heavy atom. The van der Waals surface area contributed by atoms with Gasteiger partial charge in [-0.25, -0.2) is 0 Å². The number of carbonyl (C=O) groups excluding carboxylic acids is 2. The number of rotatable bonds is 6. The molecule has 1 aliphatic rings. The highest BCUT2D eigenvalue weighted by molar-refractivity contribution is 6.09. The van der Waals surface area contributed by atoms with Gasteiger partial charge in [-0.2, -0.15) is 0 Å². The molecule has 160 valence electrons. The van der Waals surface area contributed by atoms with Crippen molar-refractivity contribution in [1.29, 1.82) is 0 Å². The molecule has 1 aliphatic carbocycles. The summed E-state index contributed by atoms with van der Waals surface area (Å²) in [4.78, 5) is 35.9. The van der Waals surface area contributed by atoms with E-state index in [1.807, 2.05) is 31.2 Å². The fourth-order valence-corrected chi connectivity index (χ4v) is 4.17. The zero-order chi connectivity index (χ0) is 21.6. The number of hydrogen-bond donors (Lipinski definition) is 2. The fraction of sp³-hybridized carbons (Fsp3) is 0.320. The van der Waals surface area contributed by atoms with Gasteiger partial charge in [0.1, 0.15) is 11.7 Å². The maximum Gasteiger partial charge on any atom is 0.275 e. The first-order valence-corrected chi connectivity index (χ1v) is 10.9. The molecule has 31 heavy (non-hydrogen) atoms. The van der Waals surface area contributed by atoms with Crippen LogP contribution in [0.5, 0.6) is 0 Å². The number of hydrogen-bond acceptors (Lipinski definition) is 3.